The van der Waals surface area contributed by atoms with Crippen LogP contribution in [-0.2, 0) is 9.53 Å². The summed E-state index contributed by atoms with van der Waals surface area (Å²) in [5.74, 6) is 0.535. The summed E-state index contributed by atoms with van der Waals surface area (Å²) in [7, 11) is 3.06. The van der Waals surface area contributed by atoms with Crippen molar-refractivity contribution in [1.82, 2.24) is 10.6 Å². The smallest absolute Gasteiger partial charge is 0.338 e. The Morgan fingerprint density at radius 1 is 1.15 bits per heavy atom. The predicted octanol–water partition coefficient (Wildman–Crippen LogP) is 3.46. The van der Waals surface area contributed by atoms with E-state index in [4.69, 9.17) is 14.2 Å². The lowest BCUT2D eigenvalue weighted by molar-refractivity contribution is -0.139. The third kappa shape index (κ3) is 4.93. The van der Waals surface area contributed by atoms with Gasteiger partial charge in [0.1, 0.15) is 0 Å². The van der Waals surface area contributed by atoms with Crippen LogP contribution in [0.2, 0.25) is 0 Å². The fraction of sp³-hybridized carbons (Fsp3) is 0.500. The topological polar surface area (TPSA) is 85.9 Å². The molecule has 1 aromatic rings. The number of nitrogens with one attached hydrogen (secondary N) is 2. The first-order valence-corrected chi connectivity index (χ1v) is 9.19. The Balaban J connectivity index is 2.29. The van der Waals surface area contributed by atoms with Gasteiger partial charge >= 0.3 is 12.0 Å². The lowest BCUT2D eigenvalue weighted by Gasteiger charge is -2.29. The zero-order chi connectivity index (χ0) is 19.8. The van der Waals surface area contributed by atoms with Crippen LogP contribution < -0.4 is 20.1 Å². The van der Waals surface area contributed by atoms with E-state index in [1.807, 2.05) is 0 Å². The van der Waals surface area contributed by atoms with Gasteiger partial charge in [-0.1, -0.05) is 38.3 Å². The number of esters is 1. The molecule has 2 amide bonds. The molecule has 0 fully saturated rings. The molecule has 0 aliphatic carbocycles. The fourth-order valence-corrected chi connectivity index (χ4v) is 3.11. The lowest BCUT2D eigenvalue weighted by Crippen LogP contribution is -2.45. The maximum atomic E-state index is 12.7. The summed E-state index contributed by atoms with van der Waals surface area (Å²) in [4.78, 5) is 24.8. The molecule has 1 aliphatic heterocycles. The second kappa shape index (κ2) is 9.85. The molecule has 2 rings (SSSR count). The average Bonchev–Trinajstić information content (AvgIpc) is 2.66. The number of unbranched alkanes of at least 4 members (excludes halogenated alkanes) is 3. The number of carbonyl (C=O) groups is 2. The van der Waals surface area contributed by atoms with Gasteiger partial charge in [0, 0.05) is 11.3 Å². The van der Waals surface area contributed by atoms with Crippen molar-refractivity contribution in [2.24, 2.45) is 0 Å². The third-order valence-electron chi connectivity index (χ3n) is 4.46. The SMILES string of the molecule is CCCCCCOC(=O)C1=C(C)NC(=O)N[C@H]1c1cccc(OC)c1OC. The van der Waals surface area contributed by atoms with E-state index >= 15 is 0 Å². The normalized spacial score (nSPS) is 16.4. The van der Waals surface area contributed by atoms with E-state index in [1.165, 1.54) is 14.2 Å². The van der Waals surface area contributed by atoms with Crippen LogP contribution >= 0.6 is 0 Å². The lowest BCUT2D eigenvalue weighted by atomic mass is 9.94. The number of para-hydroxylation sites is 1. The highest BCUT2D eigenvalue weighted by Gasteiger charge is 2.34. The minimum atomic E-state index is -0.688. The zero-order valence-corrected chi connectivity index (χ0v) is 16.4. The van der Waals surface area contributed by atoms with Crippen LogP contribution in [0.25, 0.3) is 0 Å². The molecular formula is C20H28N2O5. The molecule has 2 N–H and O–H groups in total. The van der Waals surface area contributed by atoms with E-state index in [1.54, 1.807) is 25.1 Å². The van der Waals surface area contributed by atoms with Gasteiger partial charge < -0.3 is 24.8 Å². The maximum absolute atomic E-state index is 12.7. The number of carbonyl (C=O) groups excluding carboxylic acids is 2. The van der Waals surface area contributed by atoms with Crippen LogP contribution in [-0.4, -0.2) is 32.8 Å². The number of hydrogen-bond donors (Lipinski definition) is 2. The number of hydrogen-bond acceptors (Lipinski definition) is 5. The van der Waals surface area contributed by atoms with Gasteiger partial charge in [-0.2, -0.15) is 0 Å². The number of allylic oxidation sites excluding steroid dienone is 1. The Hall–Kier alpha value is -2.70. The van der Waals surface area contributed by atoms with Crippen LogP contribution in [0, 0.1) is 0 Å². The van der Waals surface area contributed by atoms with Crippen molar-refractivity contribution in [2.75, 3.05) is 20.8 Å². The van der Waals surface area contributed by atoms with Crippen molar-refractivity contribution in [2.45, 2.75) is 45.6 Å². The molecule has 0 saturated heterocycles. The van der Waals surface area contributed by atoms with Gasteiger partial charge in [-0.15, -0.1) is 0 Å². The van der Waals surface area contributed by atoms with E-state index < -0.39 is 12.0 Å². The van der Waals surface area contributed by atoms with Gasteiger partial charge in [-0.05, 0) is 19.4 Å². The fourth-order valence-electron chi connectivity index (χ4n) is 3.11. The van der Waals surface area contributed by atoms with Crippen LogP contribution in [0.5, 0.6) is 11.5 Å². The van der Waals surface area contributed by atoms with Crippen molar-refractivity contribution >= 4 is 12.0 Å². The molecule has 27 heavy (non-hydrogen) atoms. The Labute approximate surface area is 160 Å². The standard InChI is InChI=1S/C20H28N2O5/c1-5-6-7-8-12-27-19(23)16-13(2)21-20(24)22-17(16)14-10-9-11-15(25-3)18(14)26-4/h9-11,17H,5-8,12H2,1-4H3,(H2,21,22,24)/t17-/m0/s1. The highest BCUT2D eigenvalue weighted by Crippen LogP contribution is 2.39. The summed E-state index contributed by atoms with van der Waals surface area (Å²) in [5, 5.41) is 5.43. The number of ether oxygens (including phenoxy) is 3. The molecule has 1 aromatic carbocycles. The number of urea groups is 1. The highest BCUT2D eigenvalue weighted by atomic mass is 16.5. The molecule has 7 nitrogen and oxygen atoms in total. The zero-order valence-electron chi connectivity index (χ0n) is 16.4. The minimum absolute atomic E-state index is 0.353. The first-order valence-electron chi connectivity index (χ1n) is 9.19. The molecule has 0 radical (unpaired) electrons. The molecular weight excluding hydrogens is 348 g/mol. The van der Waals surface area contributed by atoms with E-state index in [9.17, 15) is 9.59 Å². The van der Waals surface area contributed by atoms with Crippen LogP contribution in [0.4, 0.5) is 4.79 Å². The number of methoxy groups -OCH3 is 2. The highest BCUT2D eigenvalue weighted by molar-refractivity contribution is 5.95. The van der Waals surface area contributed by atoms with E-state index in [0.29, 0.717) is 34.9 Å². The average molecular weight is 376 g/mol. The van der Waals surface area contributed by atoms with E-state index in [-0.39, 0.29) is 6.03 Å². The van der Waals surface area contributed by atoms with Crippen LogP contribution in [0.15, 0.2) is 29.5 Å². The largest absolute Gasteiger partial charge is 0.493 e. The third-order valence-corrected chi connectivity index (χ3v) is 4.46. The van der Waals surface area contributed by atoms with Gasteiger partial charge in [-0.25, -0.2) is 9.59 Å². The summed E-state index contributed by atoms with van der Waals surface area (Å²) in [5.41, 5.74) is 1.45. The Kier molecular flexibility index (Phi) is 7.52. The van der Waals surface area contributed by atoms with Gasteiger partial charge in [0.15, 0.2) is 11.5 Å². The van der Waals surface area contributed by atoms with Crippen molar-refractivity contribution < 1.29 is 23.8 Å². The van der Waals surface area contributed by atoms with Gasteiger partial charge in [0.2, 0.25) is 0 Å². The van der Waals surface area contributed by atoms with Gasteiger partial charge in [-0.3, -0.25) is 0 Å². The van der Waals surface area contributed by atoms with Gasteiger partial charge in [0.25, 0.3) is 0 Å². The molecule has 0 spiro atoms. The van der Waals surface area contributed by atoms with Crippen molar-refractivity contribution in [1.29, 1.82) is 0 Å². The summed E-state index contributed by atoms with van der Waals surface area (Å²) < 4.78 is 16.3. The molecule has 0 saturated carbocycles. The van der Waals surface area contributed by atoms with Crippen LogP contribution in [0.3, 0.4) is 0 Å². The summed E-state index contributed by atoms with van der Waals surface area (Å²) in [6.07, 6.45) is 4.06. The van der Waals surface area contributed by atoms with Crippen molar-refractivity contribution in [3.63, 3.8) is 0 Å². The van der Waals surface area contributed by atoms with Crippen molar-refractivity contribution in [3.8, 4) is 11.5 Å². The molecule has 1 aliphatic rings. The number of benzene rings is 1. The monoisotopic (exact) mass is 376 g/mol. The van der Waals surface area contributed by atoms with Gasteiger partial charge in [0.05, 0.1) is 32.4 Å². The number of amides is 2. The van der Waals surface area contributed by atoms with E-state index in [2.05, 4.69) is 17.6 Å². The number of rotatable bonds is 9. The Morgan fingerprint density at radius 3 is 2.59 bits per heavy atom. The molecule has 0 bridgehead atoms. The maximum Gasteiger partial charge on any atom is 0.338 e. The molecule has 0 aromatic heterocycles. The molecule has 148 valence electrons. The van der Waals surface area contributed by atoms with E-state index in [0.717, 1.165) is 25.7 Å². The van der Waals surface area contributed by atoms with Crippen molar-refractivity contribution in [3.05, 3.63) is 35.0 Å². The minimum Gasteiger partial charge on any atom is -0.493 e. The first kappa shape index (κ1) is 20.6. The molecule has 1 atom stereocenters. The second-order valence-electron chi connectivity index (χ2n) is 6.35. The Morgan fingerprint density at radius 2 is 1.93 bits per heavy atom. The quantitative estimate of drug-likeness (QED) is 0.509. The predicted molar refractivity (Wildman–Crippen MR) is 102 cm³/mol. The summed E-state index contributed by atoms with van der Waals surface area (Å²) in [6.45, 7) is 4.17. The summed E-state index contributed by atoms with van der Waals surface area (Å²) >= 11 is 0. The molecule has 7 heteroatoms. The van der Waals surface area contributed by atoms with Crippen LogP contribution in [0.1, 0.15) is 51.1 Å². The first-order chi connectivity index (χ1) is 13.0. The summed E-state index contributed by atoms with van der Waals surface area (Å²) in [6, 6.07) is 4.26. The molecule has 1 heterocycles. The Bertz CT molecular complexity index is 714. The second-order valence-corrected chi connectivity index (χ2v) is 6.35. The molecule has 0 unspecified atom stereocenters.